The molecule has 0 aromatic heterocycles. The molecule has 2 N–H and O–H groups in total. The van der Waals surface area contributed by atoms with Gasteiger partial charge in [-0.1, -0.05) is 27.7 Å². The lowest BCUT2D eigenvalue weighted by atomic mass is 9.80. The summed E-state index contributed by atoms with van der Waals surface area (Å²) in [6.07, 6.45) is 0.522. The van der Waals surface area contributed by atoms with Crippen molar-refractivity contribution in [3.8, 4) is 0 Å². The Morgan fingerprint density at radius 2 is 1.86 bits per heavy atom. The summed E-state index contributed by atoms with van der Waals surface area (Å²) in [6.45, 7) is 10.2. The molecule has 0 aliphatic rings. The first-order valence-corrected chi connectivity index (χ1v) is 5.17. The highest BCUT2D eigenvalue weighted by atomic mass is 16.3. The molecule has 0 heterocycles. The van der Waals surface area contributed by atoms with Gasteiger partial charge in [0.05, 0.1) is 6.61 Å². The number of amides is 1. The third-order valence-electron chi connectivity index (χ3n) is 2.65. The quantitative estimate of drug-likeness (QED) is 0.725. The molecule has 84 valence electrons. The van der Waals surface area contributed by atoms with Crippen molar-refractivity contribution in [2.75, 3.05) is 6.61 Å². The molecule has 0 aromatic carbocycles. The molecule has 0 radical (unpaired) electrons. The van der Waals surface area contributed by atoms with Crippen molar-refractivity contribution in [2.45, 2.75) is 47.1 Å². The molecule has 0 bridgehead atoms. The number of rotatable bonds is 4. The number of hydrogen-bond donors (Lipinski definition) is 2. The fourth-order valence-corrected chi connectivity index (χ4v) is 0.964. The van der Waals surface area contributed by atoms with Crippen LogP contribution >= 0.6 is 0 Å². The lowest BCUT2D eigenvalue weighted by Gasteiger charge is -2.27. The van der Waals surface area contributed by atoms with Gasteiger partial charge in [-0.25, -0.2) is 0 Å². The second-order valence-electron chi connectivity index (χ2n) is 5.12. The predicted molar refractivity (Wildman–Crippen MR) is 57.9 cm³/mol. The maximum Gasteiger partial charge on any atom is 0.220 e. The van der Waals surface area contributed by atoms with E-state index in [4.69, 9.17) is 5.11 Å². The van der Waals surface area contributed by atoms with Crippen molar-refractivity contribution in [3.63, 3.8) is 0 Å². The largest absolute Gasteiger partial charge is 0.394 e. The van der Waals surface area contributed by atoms with E-state index in [-0.39, 0.29) is 24.0 Å². The van der Waals surface area contributed by atoms with Crippen LogP contribution < -0.4 is 5.32 Å². The summed E-state index contributed by atoms with van der Waals surface area (Å²) >= 11 is 0. The molecule has 0 fully saturated rings. The standard InChI is InChI=1S/C11H23NO2/c1-8(11(3,4)5)6-10(14)12-9(2)7-13/h8-9,13H,6-7H2,1-5H3,(H,12,14)/t8?,9-/m0/s1. The SMILES string of the molecule is CC(CC(=O)N[C@@H](C)CO)C(C)(C)C. The molecule has 0 aliphatic carbocycles. The lowest BCUT2D eigenvalue weighted by molar-refractivity contribution is -0.123. The molecule has 14 heavy (non-hydrogen) atoms. The minimum atomic E-state index is -0.144. The first-order chi connectivity index (χ1) is 6.27. The van der Waals surface area contributed by atoms with E-state index in [1.165, 1.54) is 0 Å². The Balaban J connectivity index is 3.95. The highest BCUT2D eigenvalue weighted by molar-refractivity contribution is 5.76. The van der Waals surface area contributed by atoms with Crippen molar-refractivity contribution in [1.82, 2.24) is 5.32 Å². The molecule has 0 saturated carbocycles. The van der Waals surface area contributed by atoms with Crippen LogP contribution in [0.3, 0.4) is 0 Å². The molecule has 0 saturated heterocycles. The summed E-state index contributed by atoms with van der Waals surface area (Å²) in [5.74, 6) is 0.363. The van der Waals surface area contributed by atoms with E-state index in [1.807, 2.05) is 0 Å². The van der Waals surface area contributed by atoms with Crippen molar-refractivity contribution >= 4 is 5.91 Å². The third-order valence-corrected chi connectivity index (χ3v) is 2.65. The Bertz CT molecular complexity index is 184. The molecule has 3 heteroatoms. The number of aliphatic hydroxyl groups is 1. The van der Waals surface area contributed by atoms with E-state index in [1.54, 1.807) is 6.92 Å². The van der Waals surface area contributed by atoms with Crippen LogP contribution in [0.25, 0.3) is 0 Å². The average molecular weight is 201 g/mol. The monoisotopic (exact) mass is 201 g/mol. The Hall–Kier alpha value is -0.570. The van der Waals surface area contributed by atoms with Crippen LogP contribution in [0.15, 0.2) is 0 Å². The van der Waals surface area contributed by atoms with Crippen LogP contribution in [-0.2, 0) is 4.79 Å². The summed E-state index contributed by atoms with van der Waals surface area (Å²) in [5.41, 5.74) is 0.153. The van der Waals surface area contributed by atoms with Gasteiger partial charge in [0.15, 0.2) is 0 Å². The second kappa shape index (κ2) is 5.35. The molecule has 1 unspecified atom stereocenters. The molecule has 0 spiro atoms. The zero-order chi connectivity index (χ0) is 11.4. The molecule has 0 aromatic rings. The topological polar surface area (TPSA) is 49.3 Å². The summed E-state index contributed by atoms with van der Waals surface area (Å²) in [6, 6.07) is -0.144. The van der Waals surface area contributed by atoms with E-state index in [0.29, 0.717) is 12.3 Å². The van der Waals surface area contributed by atoms with Crippen molar-refractivity contribution < 1.29 is 9.90 Å². The number of nitrogens with one attached hydrogen (secondary N) is 1. The number of aliphatic hydroxyl groups excluding tert-OH is 1. The highest BCUT2D eigenvalue weighted by Gasteiger charge is 2.22. The van der Waals surface area contributed by atoms with Gasteiger partial charge in [0, 0.05) is 12.5 Å². The minimum Gasteiger partial charge on any atom is -0.394 e. The Morgan fingerprint density at radius 3 is 2.21 bits per heavy atom. The van der Waals surface area contributed by atoms with Gasteiger partial charge in [-0.15, -0.1) is 0 Å². The normalized spacial score (nSPS) is 16.1. The Morgan fingerprint density at radius 1 is 1.36 bits per heavy atom. The Kier molecular flexibility index (Phi) is 5.13. The van der Waals surface area contributed by atoms with Gasteiger partial charge >= 0.3 is 0 Å². The molecule has 0 rings (SSSR count). The highest BCUT2D eigenvalue weighted by Crippen LogP contribution is 2.27. The van der Waals surface area contributed by atoms with E-state index in [0.717, 1.165) is 0 Å². The summed E-state index contributed by atoms with van der Waals surface area (Å²) < 4.78 is 0. The van der Waals surface area contributed by atoms with Crippen molar-refractivity contribution in [3.05, 3.63) is 0 Å². The second-order valence-corrected chi connectivity index (χ2v) is 5.12. The molecule has 1 amide bonds. The van der Waals surface area contributed by atoms with Gasteiger partial charge in [-0.2, -0.15) is 0 Å². The van der Waals surface area contributed by atoms with Crippen LogP contribution in [0, 0.1) is 11.3 Å². The van der Waals surface area contributed by atoms with Crippen LogP contribution in [0.5, 0.6) is 0 Å². The van der Waals surface area contributed by atoms with E-state index >= 15 is 0 Å². The van der Waals surface area contributed by atoms with Crippen molar-refractivity contribution in [1.29, 1.82) is 0 Å². The molecular formula is C11H23NO2. The van der Waals surface area contributed by atoms with Crippen LogP contribution in [-0.4, -0.2) is 23.7 Å². The van der Waals surface area contributed by atoms with Gasteiger partial charge in [0.2, 0.25) is 5.91 Å². The van der Waals surface area contributed by atoms with E-state index < -0.39 is 0 Å². The average Bonchev–Trinajstić information content (AvgIpc) is 2.02. The minimum absolute atomic E-state index is 0.00433. The molecule has 2 atom stereocenters. The summed E-state index contributed by atoms with van der Waals surface area (Å²) in [4.78, 5) is 11.4. The first-order valence-electron chi connectivity index (χ1n) is 5.17. The number of carbonyl (C=O) groups is 1. The molecule has 3 nitrogen and oxygen atoms in total. The molecule has 0 aliphatic heterocycles. The van der Waals surface area contributed by atoms with E-state index in [2.05, 4.69) is 33.0 Å². The predicted octanol–water partition coefficient (Wildman–Crippen LogP) is 1.56. The maximum atomic E-state index is 11.4. The third kappa shape index (κ3) is 5.22. The molecular weight excluding hydrogens is 178 g/mol. The van der Waals surface area contributed by atoms with E-state index in [9.17, 15) is 4.79 Å². The smallest absolute Gasteiger partial charge is 0.220 e. The van der Waals surface area contributed by atoms with Gasteiger partial charge < -0.3 is 10.4 Å². The maximum absolute atomic E-state index is 11.4. The lowest BCUT2D eigenvalue weighted by Crippen LogP contribution is -2.37. The zero-order valence-electron chi connectivity index (χ0n) is 9.92. The fraction of sp³-hybridized carbons (Fsp3) is 0.909. The van der Waals surface area contributed by atoms with Gasteiger partial charge in [0.1, 0.15) is 0 Å². The Labute approximate surface area is 86.9 Å². The first kappa shape index (κ1) is 13.4. The van der Waals surface area contributed by atoms with Crippen LogP contribution in [0.2, 0.25) is 0 Å². The fourth-order valence-electron chi connectivity index (χ4n) is 0.964. The van der Waals surface area contributed by atoms with Gasteiger partial charge in [-0.3, -0.25) is 4.79 Å². The van der Waals surface area contributed by atoms with Crippen LogP contribution in [0.1, 0.15) is 41.0 Å². The van der Waals surface area contributed by atoms with Crippen molar-refractivity contribution in [2.24, 2.45) is 11.3 Å². The number of hydrogen-bond acceptors (Lipinski definition) is 2. The van der Waals surface area contributed by atoms with Crippen LogP contribution in [0.4, 0.5) is 0 Å². The van der Waals surface area contributed by atoms with Gasteiger partial charge in [-0.05, 0) is 18.3 Å². The number of carbonyl (C=O) groups excluding carboxylic acids is 1. The summed E-state index contributed by atoms with van der Waals surface area (Å²) in [7, 11) is 0. The van der Waals surface area contributed by atoms with Gasteiger partial charge in [0.25, 0.3) is 0 Å². The summed E-state index contributed by atoms with van der Waals surface area (Å²) in [5, 5.41) is 11.5. The zero-order valence-corrected chi connectivity index (χ0v) is 9.92.